The van der Waals surface area contributed by atoms with E-state index in [-0.39, 0.29) is 11.5 Å². The number of methoxy groups -OCH3 is 1. The van der Waals surface area contributed by atoms with Crippen LogP contribution in [0.4, 0.5) is 0 Å². The predicted molar refractivity (Wildman–Crippen MR) is 66.5 cm³/mol. The minimum Gasteiger partial charge on any atom is -0.504 e. The fourth-order valence-corrected chi connectivity index (χ4v) is 1.65. The van der Waals surface area contributed by atoms with Crippen molar-refractivity contribution in [3.05, 3.63) is 48.0 Å². The molecule has 0 aliphatic heterocycles. The van der Waals surface area contributed by atoms with Gasteiger partial charge in [-0.2, -0.15) is 0 Å². The second kappa shape index (κ2) is 4.79. The molecule has 0 atom stereocenters. The van der Waals surface area contributed by atoms with E-state index in [0.717, 1.165) is 5.56 Å². The highest BCUT2D eigenvalue weighted by atomic mass is 16.5. The first-order valence-electron chi connectivity index (χ1n) is 5.32. The van der Waals surface area contributed by atoms with Gasteiger partial charge in [0.25, 0.3) is 0 Å². The number of ether oxygens (including phenoxy) is 1. The van der Waals surface area contributed by atoms with Crippen molar-refractivity contribution in [1.29, 1.82) is 0 Å². The summed E-state index contributed by atoms with van der Waals surface area (Å²) in [5.41, 5.74) is 1.90. The zero-order valence-corrected chi connectivity index (χ0v) is 9.75. The molecule has 0 bridgehead atoms. The predicted octanol–water partition coefficient (Wildman–Crippen LogP) is 2.55. The van der Waals surface area contributed by atoms with Gasteiger partial charge in [0.2, 0.25) is 0 Å². The summed E-state index contributed by atoms with van der Waals surface area (Å²) in [4.78, 5) is 11.4. The van der Waals surface area contributed by atoms with Crippen LogP contribution in [-0.4, -0.2) is 23.3 Å². The summed E-state index contributed by atoms with van der Waals surface area (Å²) in [5, 5.41) is 18.7. The van der Waals surface area contributed by atoms with Gasteiger partial charge in [-0.25, -0.2) is 4.79 Å². The van der Waals surface area contributed by atoms with E-state index in [9.17, 15) is 15.0 Å². The van der Waals surface area contributed by atoms with Crippen LogP contribution in [0.1, 0.15) is 10.4 Å². The van der Waals surface area contributed by atoms with Crippen molar-refractivity contribution in [1.82, 2.24) is 0 Å². The van der Waals surface area contributed by atoms with Gasteiger partial charge in [0, 0.05) is 0 Å². The largest absolute Gasteiger partial charge is 0.504 e. The molecule has 4 heteroatoms. The maximum Gasteiger partial charge on any atom is 0.337 e. The van der Waals surface area contributed by atoms with Crippen LogP contribution in [-0.2, 0) is 4.74 Å². The second-order valence-electron chi connectivity index (χ2n) is 3.78. The number of phenols is 2. The van der Waals surface area contributed by atoms with Crippen LogP contribution in [0.5, 0.6) is 11.5 Å². The van der Waals surface area contributed by atoms with Crippen LogP contribution in [0.3, 0.4) is 0 Å². The Morgan fingerprint density at radius 2 is 1.72 bits per heavy atom. The summed E-state index contributed by atoms with van der Waals surface area (Å²) in [6.45, 7) is 0. The Balaban J connectivity index is 2.44. The normalized spacial score (nSPS) is 10.1. The van der Waals surface area contributed by atoms with Crippen LogP contribution in [0, 0.1) is 0 Å². The van der Waals surface area contributed by atoms with Crippen molar-refractivity contribution in [2.24, 2.45) is 0 Å². The molecule has 0 aliphatic carbocycles. The molecule has 0 saturated heterocycles. The minimum absolute atomic E-state index is 0.178. The van der Waals surface area contributed by atoms with Gasteiger partial charge in [-0.05, 0) is 35.4 Å². The lowest BCUT2D eigenvalue weighted by Gasteiger charge is -2.05. The number of aromatic hydroxyl groups is 2. The molecule has 0 spiro atoms. The molecule has 18 heavy (non-hydrogen) atoms. The van der Waals surface area contributed by atoms with Gasteiger partial charge in [0.15, 0.2) is 11.5 Å². The Morgan fingerprint density at radius 3 is 2.39 bits per heavy atom. The highest BCUT2D eigenvalue weighted by Crippen LogP contribution is 2.30. The smallest absolute Gasteiger partial charge is 0.337 e. The summed E-state index contributed by atoms with van der Waals surface area (Å²) < 4.78 is 4.64. The third kappa shape index (κ3) is 2.27. The summed E-state index contributed by atoms with van der Waals surface area (Å²) in [7, 11) is 1.32. The van der Waals surface area contributed by atoms with Crippen molar-refractivity contribution in [2.45, 2.75) is 0 Å². The topological polar surface area (TPSA) is 66.8 Å². The zero-order chi connectivity index (χ0) is 13.1. The lowest BCUT2D eigenvalue weighted by Crippen LogP contribution is -2.00. The number of carbonyl (C=O) groups excluding carboxylic acids is 1. The minimum atomic E-state index is -0.417. The number of carbonyl (C=O) groups is 1. The van der Waals surface area contributed by atoms with Crippen molar-refractivity contribution in [3.8, 4) is 22.6 Å². The summed E-state index contributed by atoms with van der Waals surface area (Å²) in [5.74, 6) is -0.793. The van der Waals surface area contributed by atoms with Crippen LogP contribution in [0.2, 0.25) is 0 Å². The first kappa shape index (κ1) is 12.0. The van der Waals surface area contributed by atoms with Crippen molar-refractivity contribution in [2.75, 3.05) is 7.11 Å². The molecular weight excluding hydrogens is 232 g/mol. The van der Waals surface area contributed by atoms with Gasteiger partial charge in [0.05, 0.1) is 12.7 Å². The highest BCUT2D eigenvalue weighted by molar-refractivity contribution is 5.91. The average molecular weight is 244 g/mol. The summed E-state index contributed by atoms with van der Waals surface area (Å²) in [6, 6.07) is 11.3. The van der Waals surface area contributed by atoms with E-state index in [2.05, 4.69) is 4.74 Å². The Hall–Kier alpha value is -2.49. The van der Waals surface area contributed by atoms with Gasteiger partial charge >= 0.3 is 5.97 Å². The third-order valence-electron chi connectivity index (χ3n) is 2.59. The second-order valence-corrected chi connectivity index (χ2v) is 3.78. The van der Waals surface area contributed by atoms with Gasteiger partial charge in [-0.15, -0.1) is 0 Å². The molecule has 0 aromatic heterocycles. The van der Waals surface area contributed by atoms with Crippen LogP contribution >= 0.6 is 0 Å². The summed E-state index contributed by atoms with van der Waals surface area (Å²) in [6.07, 6.45) is 0. The van der Waals surface area contributed by atoms with E-state index in [1.54, 1.807) is 30.3 Å². The molecule has 0 heterocycles. The maximum atomic E-state index is 11.4. The molecule has 0 fully saturated rings. The van der Waals surface area contributed by atoms with E-state index in [0.29, 0.717) is 11.1 Å². The lowest BCUT2D eigenvalue weighted by molar-refractivity contribution is 0.0601. The molecule has 0 aliphatic rings. The number of hydrogen-bond donors (Lipinski definition) is 2. The zero-order valence-electron chi connectivity index (χ0n) is 9.75. The maximum absolute atomic E-state index is 11.4. The van der Waals surface area contributed by atoms with Crippen molar-refractivity contribution in [3.63, 3.8) is 0 Å². The first-order chi connectivity index (χ1) is 8.61. The van der Waals surface area contributed by atoms with Gasteiger partial charge in [-0.1, -0.05) is 18.2 Å². The molecule has 2 rings (SSSR count). The van der Waals surface area contributed by atoms with E-state index in [1.807, 2.05) is 0 Å². The Kier molecular flexibility index (Phi) is 3.19. The lowest BCUT2D eigenvalue weighted by atomic mass is 10.0. The number of rotatable bonds is 2. The molecular formula is C14H12O4. The molecule has 4 nitrogen and oxygen atoms in total. The fourth-order valence-electron chi connectivity index (χ4n) is 1.65. The van der Waals surface area contributed by atoms with Gasteiger partial charge in [0.1, 0.15) is 0 Å². The van der Waals surface area contributed by atoms with Crippen molar-refractivity contribution < 1.29 is 19.7 Å². The van der Waals surface area contributed by atoms with E-state index in [1.165, 1.54) is 19.2 Å². The number of esters is 1. The molecule has 2 aromatic carbocycles. The standard InChI is InChI=1S/C14H12O4/c1-18-14(17)11-4-2-3-9(7-11)10-5-6-12(15)13(16)8-10/h2-8,15-16H,1H3. The molecule has 0 amide bonds. The van der Waals surface area contributed by atoms with E-state index >= 15 is 0 Å². The molecule has 2 aromatic rings. The molecule has 92 valence electrons. The number of phenolic OH excluding ortho intramolecular Hbond substituents is 2. The average Bonchev–Trinajstić information content (AvgIpc) is 2.41. The quantitative estimate of drug-likeness (QED) is 0.629. The summed E-state index contributed by atoms with van der Waals surface area (Å²) >= 11 is 0. The van der Waals surface area contributed by atoms with E-state index in [4.69, 9.17) is 0 Å². The van der Waals surface area contributed by atoms with Gasteiger partial charge in [-0.3, -0.25) is 0 Å². The molecule has 0 saturated carbocycles. The number of hydrogen-bond acceptors (Lipinski definition) is 4. The Labute approximate surface area is 104 Å². The van der Waals surface area contributed by atoms with E-state index < -0.39 is 5.97 Å². The molecule has 0 unspecified atom stereocenters. The SMILES string of the molecule is COC(=O)c1cccc(-c2ccc(O)c(O)c2)c1. The van der Waals surface area contributed by atoms with Crippen molar-refractivity contribution >= 4 is 5.97 Å². The third-order valence-corrected chi connectivity index (χ3v) is 2.59. The van der Waals surface area contributed by atoms with Crippen LogP contribution in [0.25, 0.3) is 11.1 Å². The van der Waals surface area contributed by atoms with Crippen LogP contribution in [0.15, 0.2) is 42.5 Å². The van der Waals surface area contributed by atoms with Crippen LogP contribution < -0.4 is 0 Å². The van der Waals surface area contributed by atoms with Gasteiger partial charge < -0.3 is 14.9 Å². The highest BCUT2D eigenvalue weighted by Gasteiger charge is 2.08. The number of benzene rings is 2. The molecule has 0 radical (unpaired) electrons. The first-order valence-corrected chi connectivity index (χ1v) is 5.32. The fraction of sp³-hybridized carbons (Fsp3) is 0.0714. The molecule has 2 N–H and O–H groups in total. The monoisotopic (exact) mass is 244 g/mol. The Morgan fingerprint density at radius 1 is 1.00 bits per heavy atom. The Bertz CT molecular complexity index is 590.